The van der Waals surface area contributed by atoms with Crippen molar-refractivity contribution in [3.8, 4) is 5.75 Å². The number of carbonyl (C=O) groups excluding carboxylic acids is 1. The van der Waals surface area contributed by atoms with Crippen LogP contribution in [0.4, 0.5) is 0 Å². The number of phenolic OH excluding ortho intramolecular Hbond substituents is 1. The van der Waals surface area contributed by atoms with Gasteiger partial charge in [0.05, 0.1) is 12.5 Å². The van der Waals surface area contributed by atoms with E-state index in [1.165, 1.54) is 109 Å². The van der Waals surface area contributed by atoms with Crippen LogP contribution in [0.15, 0.2) is 24.3 Å². The molecule has 0 aromatic heterocycles. The average Bonchev–Trinajstić information content (AvgIpc) is 2.81. The highest BCUT2D eigenvalue weighted by Gasteiger charge is 2.21. The molecule has 0 aliphatic heterocycles. The summed E-state index contributed by atoms with van der Waals surface area (Å²) in [6.07, 6.45) is 25.4. The largest absolute Gasteiger partial charge is 0.508 e. The second kappa shape index (κ2) is 21.1. The van der Waals surface area contributed by atoms with Crippen LogP contribution in [0, 0.1) is 0 Å². The average molecular weight is 461 g/mol. The Kier molecular flexibility index (Phi) is 18.8. The lowest BCUT2D eigenvalue weighted by atomic mass is 9.92. The molecule has 1 atom stereocenters. The normalized spacial score (nSPS) is 12.1. The third-order valence-corrected chi connectivity index (χ3v) is 6.71. The number of aromatic hydroxyl groups is 1. The van der Waals surface area contributed by atoms with E-state index in [0.717, 1.165) is 18.4 Å². The smallest absolute Gasteiger partial charge is 0.313 e. The molecule has 1 aromatic carbocycles. The summed E-state index contributed by atoms with van der Waals surface area (Å²) < 4.78 is 5.27. The summed E-state index contributed by atoms with van der Waals surface area (Å²) in [4.78, 5) is 12.4. The molecule has 0 bridgehead atoms. The van der Waals surface area contributed by atoms with E-state index in [-0.39, 0.29) is 17.6 Å². The Morgan fingerprint density at radius 3 is 1.45 bits per heavy atom. The summed E-state index contributed by atoms with van der Waals surface area (Å²) in [5.74, 6) is -0.128. The molecular weight excluding hydrogens is 408 g/mol. The van der Waals surface area contributed by atoms with Crippen molar-refractivity contribution in [1.29, 1.82) is 0 Å². The fourth-order valence-electron chi connectivity index (χ4n) is 4.62. The summed E-state index contributed by atoms with van der Waals surface area (Å²) in [7, 11) is 0. The van der Waals surface area contributed by atoms with Gasteiger partial charge in [-0.05, 0) is 31.0 Å². The summed E-state index contributed by atoms with van der Waals surface area (Å²) in [6, 6.07) is 6.98. The van der Waals surface area contributed by atoms with Gasteiger partial charge < -0.3 is 9.84 Å². The quantitative estimate of drug-likeness (QED) is 0.138. The van der Waals surface area contributed by atoms with E-state index < -0.39 is 0 Å². The number of hydrogen-bond acceptors (Lipinski definition) is 3. The van der Waals surface area contributed by atoms with Crippen LogP contribution in [0.5, 0.6) is 5.75 Å². The Balaban J connectivity index is 1.96. The zero-order chi connectivity index (χ0) is 24.0. The first-order chi connectivity index (χ1) is 16.2. The maximum absolute atomic E-state index is 12.4. The molecule has 0 aliphatic carbocycles. The molecule has 0 fully saturated rings. The minimum atomic E-state index is -0.216. The Morgan fingerprint density at radius 2 is 1.06 bits per heavy atom. The van der Waals surface area contributed by atoms with Crippen LogP contribution in [-0.4, -0.2) is 17.7 Å². The van der Waals surface area contributed by atoms with Crippen LogP contribution in [0.1, 0.15) is 147 Å². The molecule has 1 rings (SSSR count). The highest BCUT2D eigenvalue weighted by Crippen LogP contribution is 2.26. The zero-order valence-electron chi connectivity index (χ0n) is 21.8. The summed E-state index contributed by atoms with van der Waals surface area (Å²) >= 11 is 0. The third-order valence-electron chi connectivity index (χ3n) is 6.71. The Morgan fingerprint density at radius 1 is 0.667 bits per heavy atom. The van der Waals surface area contributed by atoms with Gasteiger partial charge in [-0.15, -0.1) is 0 Å². The molecule has 0 spiro atoms. The fraction of sp³-hybridized carbons (Fsp3) is 0.767. The van der Waals surface area contributed by atoms with Crippen molar-refractivity contribution in [1.82, 2.24) is 0 Å². The summed E-state index contributed by atoms with van der Waals surface area (Å²) in [5, 5.41) is 9.50. The number of hydrogen-bond donors (Lipinski definition) is 1. The minimum absolute atomic E-state index is 0.143. The molecule has 0 saturated heterocycles. The van der Waals surface area contributed by atoms with Gasteiger partial charge in [0, 0.05) is 0 Å². The van der Waals surface area contributed by atoms with Crippen molar-refractivity contribution in [3.05, 3.63) is 29.8 Å². The zero-order valence-corrected chi connectivity index (χ0v) is 21.8. The van der Waals surface area contributed by atoms with Crippen LogP contribution >= 0.6 is 0 Å². The van der Waals surface area contributed by atoms with Crippen molar-refractivity contribution >= 4 is 5.97 Å². The van der Waals surface area contributed by atoms with Crippen molar-refractivity contribution in [2.45, 2.75) is 142 Å². The standard InChI is InChI=1S/C30H52O3/c1-3-5-6-7-8-9-10-11-12-13-14-15-16-17-18-19-20-21-22-29(30(32)33-4-2)27-23-25-28(31)26-24-27/h23-26,29,31H,3-22H2,1-2H3. The number of esters is 1. The summed E-state index contributed by atoms with van der Waals surface area (Å²) in [5.41, 5.74) is 0.943. The second-order valence-corrected chi connectivity index (χ2v) is 9.70. The lowest BCUT2D eigenvalue weighted by Gasteiger charge is -2.16. The molecule has 1 unspecified atom stereocenters. The predicted molar refractivity (Wildman–Crippen MR) is 141 cm³/mol. The summed E-state index contributed by atoms with van der Waals surface area (Å²) in [6.45, 7) is 4.54. The molecule has 33 heavy (non-hydrogen) atoms. The van der Waals surface area contributed by atoms with Gasteiger partial charge in [-0.2, -0.15) is 0 Å². The van der Waals surface area contributed by atoms with E-state index >= 15 is 0 Å². The lowest BCUT2D eigenvalue weighted by molar-refractivity contribution is -0.145. The third kappa shape index (κ3) is 15.9. The number of unbranched alkanes of at least 4 members (excludes halogenated alkanes) is 17. The Bertz CT molecular complexity index is 566. The molecule has 3 nitrogen and oxygen atoms in total. The molecule has 0 radical (unpaired) electrons. The first kappa shape index (κ1) is 29.5. The van der Waals surface area contributed by atoms with Crippen LogP contribution in [-0.2, 0) is 9.53 Å². The Hall–Kier alpha value is -1.51. The van der Waals surface area contributed by atoms with E-state index in [2.05, 4.69) is 6.92 Å². The Labute approximate surface area is 204 Å². The minimum Gasteiger partial charge on any atom is -0.508 e. The monoisotopic (exact) mass is 460 g/mol. The SMILES string of the molecule is CCCCCCCCCCCCCCCCCCCCC(C(=O)OCC)c1ccc(O)cc1. The van der Waals surface area contributed by atoms with Crippen LogP contribution in [0.25, 0.3) is 0 Å². The number of ether oxygens (including phenoxy) is 1. The van der Waals surface area contributed by atoms with Gasteiger partial charge in [-0.3, -0.25) is 4.79 Å². The maximum Gasteiger partial charge on any atom is 0.313 e. The van der Waals surface area contributed by atoms with E-state index in [9.17, 15) is 9.90 Å². The highest BCUT2D eigenvalue weighted by atomic mass is 16.5. The van der Waals surface area contributed by atoms with Crippen molar-refractivity contribution in [2.75, 3.05) is 6.61 Å². The molecule has 1 aromatic rings. The first-order valence-corrected chi connectivity index (χ1v) is 14.1. The number of benzene rings is 1. The molecule has 0 saturated carbocycles. The van der Waals surface area contributed by atoms with Gasteiger partial charge in [0.15, 0.2) is 0 Å². The van der Waals surface area contributed by atoms with Crippen LogP contribution in [0.2, 0.25) is 0 Å². The molecule has 1 N–H and O–H groups in total. The van der Waals surface area contributed by atoms with Crippen LogP contribution < -0.4 is 0 Å². The molecule has 0 heterocycles. The molecular formula is C30H52O3. The van der Waals surface area contributed by atoms with Crippen molar-refractivity contribution in [2.24, 2.45) is 0 Å². The first-order valence-electron chi connectivity index (χ1n) is 14.1. The van der Waals surface area contributed by atoms with E-state index in [4.69, 9.17) is 4.74 Å². The van der Waals surface area contributed by atoms with E-state index in [1.807, 2.05) is 19.1 Å². The number of phenols is 1. The van der Waals surface area contributed by atoms with Gasteiger partial charge in [-0.25, -0.2) is 0 Å². The van der Waals surface area contributed by atoms with E-state index in [0.29, 0.717) is 6.61 Å². The number of rotatable bonds is 22. The van der Waals surface area contributed by atoms with Gasteiger partial charge >= 0.3 is 5.97 Å². The molecule has 0 aliphatic rings. The predicted octanol–water partition coefficient (Wildman–Crippen LogP) is 9.47. The van der Waals surface area contributed by atoms with Crippen molar-refractivity contribution < 1.29 is 14.6 Å². The molecule has 190 valence electrons. The van der Waals surface area contributed by atoms with Gasteiger partial charge in [0.1, 0.15) is 5.75 Å². The van der Waals surface area contributed by atoms with Gasteiger partial charge in [0.25, 0.3) is 0 Å². The fourth-order valence-corrected chi connectivity index (χ4v) is 4.62. The number of carbonyl (C=O) groups is 1. The second-order valence-electron chi connectivity index (χ2n) is 9.70. The maximum atomic E-state index is 12.4. The molecule has 0 amide bonds. The van der Waals surface area contributed by atoms with Crippen molar-refractivity contribution in [3.63, 3.8) is 0 Å². The van der Waals surface area contributed by atoms with Crippen LogP contribution in [0.3, 0.4) is 0 Å². The van der Waals surface area contributed by atoms with Gasteiger partial charge in [-0.1, -0.05) is 135 Å². The topological polar surface area (TPSA) is 46.5 Å². The highest BCUT2D eigenvalue weighted by molar-refractivity contribution is 5.78. The molecule has 3 heteroatoms. The van der Waals surface area contributed by atoms with Gasteiger partial charge in [0.2, 0.25) is 0 Å². The van der Waals surface area contributed by atoms with E-state index in [1.54, 1.807) is 12.1 Å². The lowest BCUT2D eigenvalue weighted by Crippen LogP contribution is -2.16.